The van der Waals surface area contributed by atoms with Crippen LogP contribution >= 0.6 is 11.8 Å². The molecular weight excluding hydrogens is 361 g/mol. The van der Waals surface area contributed by atoms with E-state index < -0.39 is 5.82 Å². The Hall–Kier alpha value is -2.60. The van der Waals surface area contributed by atoms with E-state index in [0.29, 0.717) is 28.7 Å². The van der Waals surface area contributed by atoms with Gasteiger partial charge in [0, 0.05) is 16.0 Å². The molecule has 1 aliphatic rings. The lowest BCUT2D eigenvalue weighted by Gasteiger charge is -2.28. The van der Waals surface area contributed by atoms with Crippen LogP contribution in [-0.2, 0) is 0 Å². The third kappa shape index (κ3) is 3.49. The van der Waals surface area contributed by atoms with Gasteiger partial charge >= 0.3 is 0 Å². The highest BCUT2D eigenvalue weighted by Crippen LogP contribution is 2.45. The summed E-state index contributed by atoms with van der Waals surface area (Å²) in [6, 6.07) is 11.4. The second-order valence-electron chi connectivity index (χ2n) is 6.55. The predicted octanol–water partition coefficient (Wildman–Crippen LogP) is 5.65. The molecule has 2 aromatic carbocycles. The molecule has 138 valence electrons. The number of nitrogen functional groups attached to an aromatic ring is 1. The SMILES string of the molecule is CSc1ccccc1Oc1c(C2CCC2)ccc(-c2cnc(N)cn2)c1F. The predicted molar refractivity (Wildman–Crippen MR) is 107 cm³/mol. The summed E-state index contributed by atoms with van der Waals surface area (Å²) in [6.07, 6.45) is 8.17. The molecule has 0 spiro atoms. The number of hydrogen-bond donors (Lipinski definition) is 1. The number of thioether (sulfide) groups is 1. The minimum atomic E-state index is -0.408. The fourth-order valence-electron chi connectivity index (χ4n) is 3.20. The van der Waals surface area contributed by atoms with Crippen molar-refractivity contribution < 1.29 is 9.13 Å². The minimum absolute atomic E-state index is 0.289. The monoisotopic (exact) mass is 381 g/mol. The molecule has 1 aromatic heterocycles. The number of hydrogen-bond acceptors (Lipinski definition) is 5. The molecule has 0 amide bonds. The van der Waals surface area contributed by atoms with Gasteiger partial charge in [0.2, 0.25) is 0 Å². The van der Waals surface area contributed by atoms with Crippen molar-refractivity contribution in [2.45, 2.75) is 30.1 Å². The number of rotatable bonds is 5. The summed E-state index contributed by atoms with van der Waals surface area (Å²) in [5.41, 5.74) is 7.32. The number of nitrogens with two attached hydrogens (primary N) is 1. The lowest BCUT2D eigenvalue weighted by molar-refractivity contribution is 0.381. The number of aromatic nitrogens is 2. The molecule has 0 saturated heterocycles. The van der Waals surface area contributed by atoms with Crippen LogP contribution in [0.3, 0.4) is 0 Å². The fourth-order valence-corrected chi connectivity index (χ4v) is 3.73. The van der Waals surface area contributed by atoms with Crippen molar-refractivity contribution in [2.24, 2.45) is 0 Å². The van der Waals surface area contributed by atoms with Gasteiger partial charge in [-0.1, -0.05) is 24.6 Å². The van der Waals surface area contributed by atoms with Gasteiger partial charge in [-0.15, -0.1) is 11.8 Å². The Balaban J connectivity index is 1.81. The van der Waals surface area contributed by atoms with Gasteiger partial charge in [0.05, 0.1) is 18.1 Å². The van der Waals surface area contributed by atoms with Crippen molar-refractivity contribution in [1.82, 2.24) is 9.97 Å². The molecule has 27 heavy (non-hydrogen) atoms. The molecule has 1 fully saturated rings. The summed E-state index contributed by atoms with van der Waals surface area (Å²) in [4.78, 5) is 9.21. The standard InChI is InChI=1S/C21H20FN3OS/c1-27-18-8-3-2-7-17(18)26-21-14(13-5-4-6-13)9-10-15(20(21)22)16-11-25-19(23)12-24-16/h2-3,7-13H,4-6H2,1H3,(H2,23,25). The Morgan fingerprint density at radius 2 is 1.93 bits per heavy atom. The number of benzene rings is 2. The Labute approximate surface area is 162 Å². The highest BCUT2D eigenvalue weighted by molar-refractivity contribution is 7.98. The summed E-state index contributed by atoms with van der Waals surface area (Å²) in [7, 11) is 0. The Morgan fingerprint density at radius 1 is 1.11 bits per heavy atom. The molecule has 0 bridgehead atoms. The highest BCUT2D eigenvalue weighted by Gasteiger charge is 2.27. The van der Waals surface area contributed by atoms with Gasteiger partial charge in [0.15, 0.2) is 11.6 Å². The number of halogens is 1. The highest BCUT2D eigenvalue weighted by atomic mass is 32.2. The van der Waals surface area contributed by atoms with Crippen LogP contribution in [0.5, 0.6) is 11.5 Å². The number of para-hydroxylation sites is 1. The van der Waals surface area contributed by atoms with Crippen LogP contribution in [0, 0.1) is 5.82 Å². The van der Waals surface area contributed by atoms with E-state index in [1.54, 1.807) is 17.8 Å². The molecule has 0 unspecified atom stereocenters. The van der Waals surface area contributed by atoms with Crippen molar-refractivity contribution in [3.63, 3.8) is 0 Å². The summed E-state index contributed by atoms with van der Waals surface area (Å²) < 4.78 is 21.7. The van der Waals surface area contributed by atoms with E-state index in [9.17, 15) is 0 Å². The van der Waals surface area contributed by atoms with E-state index in [0.717, 1.165) is 29.7 Å². The van der Waals surface area contributed by atoms with E-state index in [4.69, 9.17) is 10.5 Å². The summed E-state index contributed by atoms with van der Waals surface area (Å²) in [5, 5.41) is 0. The summed E-state index contributed by atoms with van der Waals surface area (Å²) in [6.45, 7) is 0. The quantitative estimate of drug-likeness (QED) is 0.579. The first kappa shape index (κ1) is 17.8. The molecule has 4 rings (SSSR count). The van der Waals surface area contributed by atoms with Crippen LogP contribution in [0.25, 0.3) is 11.3 Å². The van der Waals surface area contributed by atoms with Gasteiger partial charge in [-0.3, -0.25) is 4.98 Å². The third-order valence-electron chi connectivity index (χ3n) is 4.90. The first-order chi connectivity index (χ1) is 13.2. The van der Waals surface area contributed by atoms with Crippen LogP contribution in [-0.4, -0.2) is 16.2 Å². The van der Waals surface area contributed by atoms with E-state index in [1.807, 2.05) is 36.6 Å². The lowest BCUT2D eigenvalue weighted by Crippen LogP contribution is -2.11. The molecule has 1 aliphatic carbocycles. The van der Waals surface area contributed by atoms with Gasteiger partial charge < -0.3 is 10.5 Å². The zero-order valence-corrected chi connectivity index (χ0v) is 15.8. The van der Waals surface area contributed by atoms with Crippen molar-refractivity contribution in [2.75, 3.05) is 12.0 Å². The topological polar surface area (TPSA) is 61.0 Å². The molecule has 0 atom stereocenters. The Morgan fingerprint density at radius 3 is 2.59 bits per heavy atom. The first-order valence-corrected chi connectivity index (χ1v) is 10.1. The van der Waals surface area contributed by atoms with Gasteiger partial charge in [0.25, 0.3) is 0 Å². The van der Waals surface area contributed by atoms with Crippen LogP contribution in [0.15, 0.2) is 53.7 Å². The van der Waals surface area contributed by atoms with Crippen LogP contribution in [0.1, 0.15) is 30.7 Å². The van der Waals surface area contributed by atoms with Gasteiger partial charge in [-0.05, 0) is 43.2 Å². The summed E-state index contributed by atoms with van der Waals surface area (Å²) in [5.74, 6) is 1.18. The van der Waals surface area contributed by atoms with Crippen LogP contribution in [0.2, 0.25) is 0 Å². The number of ether oxygens (including phenoxy) is 1. The molecule has 6 heteroatoms. The molecule has 1 heterocycles. The normalized spacial score (nSPS) is 14.0. The molecule has 0 aliphatic heterocycles. The van der Waals surface area contributed by atoms with Crippen LogP contribution < -0.4 is 10.5 Å². The molecular formula is C21H20FN3OS. The molecule has 0 radical (unpaired) electrons. The van der Waals surface area contributed by atoms with Crippen molar-refractivity contribution in [3.05, 3.63) is 60.2 Å². The second kappa shape index (κ2) is 7.56. The second-order valence-corrected chi connectivity index (χ2v) is 7.40. The maximum Gasteiger partial charge on any atom is 0.175 e. The van der Waals surface area contributed by atoms with Crippen molar-refractivity contribution >= 4 is 17.6 Å². The summed E-state index contributed by atoms with van der Waals surface area (Å²) >= 11 is 1.57. The zero-order chi connectivity index (χ0) is 18.8. The molecule has 4 nitrogen and oxygen atoms in total. The first-order valence-electron chi connectivity index (χ1n) is 8.88. The smallest absolute Gasteiger partial charge is 0.175 e. The van der Waals surface area contributed by atoms with Gasteiger partial charge in [0.1, 0.15) is 11.6 Å². The van der Waals surface area contributed by atoms with E-state index in [-0.39, 0.29) is 5.75 Å². The van der Waals surface area contributed by atoms with Crippen molar-refractivity contribution in [1.29, 1.82) is 0 Å². The fraction of sp³-hybridized carbons (Fsp3) is 0.238. The van der Waals surface area contributed by atoms with E-state index in [1.165, 1.54) is 12.4 Å². The largest absolute Gasteiger partial charge is 0.453 e. The molecule has 3 aromatic rings. The number of anilines is 1. The lowest BCUT2D eigenvalue weighted by atomic mass is 9.79. The van der Waals surface area contributed by atoms with Crippen molar-refractivity contribution in [3.8, 4) is 22.8 Å². The van der Waals surface area contributed by atoms with Gasteiger partial charge in [-0.2, -0.15) is 0 Å². The minimum Gasteiger partial charge on any atom is -0.453 e. The van der Waals surface area contributed by atoms with E-state index >= 15 is 4.39 Å². The average Bonchev–Trinajstić information content (AvgIpc) is 2.64. The van der Waals surface area contributed by atoms with Gasteiger partial charge in [-0.25, -0.2) is 9.37 Å². The Kier molecular flexibility index (Phi) is 4.99. The maximum absolute atomic E-state index is 15.5. The Bertz CT molecular complexity index is 958. The molecule has 2 N–H and O–H groups in total. The van der Waals surface area contributed by atoms with Crippen LogP contribution in [0.4, 0.5) is 10.2 Å². The average molecular weight is 381 g/mol. The maximum atomic E-state index is 15.5. The third-order valence-corrected chi connectivity index (χ3v) is 5.68. The number of nitrogens with zero attached hydrogens (tertiary/aromatic N) is 2. The zero-order valence-electron chi connectivity index (χ0n) is 15.0. The molecule has 1 saturated carbocycles. The van der Waals surface area contributed by atoms with E-state index in [2.05, 4.69) is 9.97 Å².